The number of phosphoric ester groups is 2. The number of aliphatic hydroxyl groups excluding tert-OH is 1. The summed E-state index contributed by atoms with van der Waals surface area (Å²) in [6, 6.07) is 0. The molecule has 0 saturated carbocycles. The summed E-state index contributed by atoms with van der Waals surface area (Å²) >= 11 is 0. The Bertz CT molecular complexity index is 1870. The second kappa shape index (κ2) is 67.5. The molecule has 0 fully saturated rings. The predicted molar refractivity (Wildman–Crippen MR) is 391 cm³/mol. The second-order valence-corrected chi connectivity index (χ2v) is 31.6. The lowest BCUT2D eigenvalue weighted by molar-refractivity contribution is -0.161. The van der Waals surface area contributed by atoms with Crippen LogP contribution in [-0.4, -0.2) is 96.7 Å². The third-order valence-corrected chi connectivity index (χ3v) is 20.5. The second-order valence-electron chi connectivity index (χ2n) is 28.7. The first-order valence-corrected chi connectivity index (χ1v) is 42.9. The van der Waals surface area contributed by atoms with Crippen LogP contribution >= 0.6 is 15.6 Å². The molecule has 96 heavy (non-hydrogen) atoms. The molecule has 0 heterocycles. The van der Waals surface area contributed by atoms with Crippen molar-refractivity contribution in [3.63, 3.8) is 0 Å². The van der Waals surface area contributed by atoms with Crippen LogP contribution in [0.15, 0.2) is 0 Å². The third-order valence-electron chi connectivity index (χ3n) is 18.6. The van der Waals surface area contributed by atoms with Crippen LogP contribution in [0.2, 0.25) is 0 Å². The van der Waals surface area contributed by atoms with Gasteiger partial charge in [0, 0.05) is 25.7 Å². The molecule has 0 amide bonds. The number of aliphatic hydroxyl groups is 1. The van der Waals surface area contributed by atoms with Gasteiger partial charge in [0.15, 0.2) is 12.2 Å². The number of esters is 4. The molecule has 0 aliphatic rings. The highest BCUT2D eigenvalue weighted by Gasteiger charge is 2.30. The highest BCUT2D eigenvalue weighted by Crippen LogP contribution is 2.45. The minimum Gasteiger partial charge on any atom is -0.462 e. The molecule has 0 bridgehead atoms. The van der Waals surface area contributed by atoms with Crippen molar-refractivity contribution in [1.82, 2.24) is 0 Å². The Morgan fingerprint density at radius 1 is 0.302 bits per heavy atom. The molecule has 0 saturated heterocycles. The van der Waals surface area contributed by atoms with Crippen LogP contribution in [0.3, 0.4) is 0 Å². The van der Waals surface area contributed by atoms with Crippen LogP contribution < -0.4 is 0 Å². The molecule has 0 aliphatic carbocycles. The van der Waals surface area contributed by atoms with Crippen molar-refractivity contribution < 1.29 is 80.2 Å². The summed E-state index contributed by atoms with van der Waals surface area (Å²) in [5, 5.41) is 10.6. The van der Waals surface area contributed by atoms with E-state index < -0.39 is 97.5 Å². The zero-order chi connectivity index (χ0) is 70.9. The van der Waals surface area contributed by atoms with Gasteiger partial charge in [-0.05, 0) is 43.4 Å². The molecule has 3 N–H and O–H groups in total. The van der Waals surface area contributed by atoms with Crippen molar-refractivity contribution in [3.05, 3.63) is 0 Å². The number of ether oxygens (including phenoxy) is 4. The van der Waals surface area contributed by atoms with Gasteiger partial charge in [0.25, 0.3) is 0 Å². The van der Waals surface area contributed by atoms with Crippen LogP contribution in [0.1, 0.15) is 395 Å². The summed E-state index contributed by atoms with van der Waals surface area (Å²) in [4.78, 5) is 72.8. The maximum Gasteiger partial charge on any atom is 0.472 e. The van der Waals surface area contributed by atoms with E-state index in [1.54, 1.807) is 0 Å². The molecule has 17 nitrogen and oxygen atoms in total. The fourth-order valence-corrected chi connectivity index (χ4v) is 13.3. The van der Waals surface area contributed by atoms with Crippen molar-refractivity contribution in [3.8, 4) is 0 Å². The van der Waals surface area contributed by atoms with E-state index in [-0.39, 0.29) is 25.7 Å². The van der Waals surface area contributed by atoms with Gasteiger partial charge in [0.05, 0.1) is 26.4 Å². The molecule has 0 aromatic heterocycles. The van der Waals surface area contributed by atoms with Gasteiger partial charge < -0.3 is 33.8 Å². The average molecular weight is 1410 g/mol. The molecule has 0 aromatic carbocycles. The first-order valence-electron chi connectivity index (χ1n) is 39.9. The normalized spacial score (nSPS) is 14.6. The van der Waals surface area contributed by atoms with E-state index in [2.05, 4.69) is 48.5 Å². The topological polar surface area (TPSA) is 237 Å². The molecule has 4 unspecified atom stereocenters. The van der Waals surface area contributed by atoms with Gasteiger partial charge in [-0.3, -0.25) is 37.3 Å². The maximum absolute atomic E-state index is 13.1. The van der Waals surface area contributed by atoms with Crippen LogP contribution in [-0.2, 0) is 65.4 Å². The summed E-state index contributed by atoms with van der Waals surface area (Å²) in [5.41, 5.74) is 0. The number of unbranched alkanes of at least 4 members (excludes halogenated alkanes) is 41. The lowest BCUT2D eigenvalue weighted by Crippen LogP contribution is -2.30. The Kier molecular flexibility index (Phi) is 66.2. The minimum atomic E-state index is -4.96. The number of rotatable bonds is 75. The number of hydrogen-bond donors (Lipinski definition) is 3. The van der Waals surface area contributed by atoms with Crippen molar-refractivity contribution in [2.24, 2.45) is 17.8 Å². The zero-order valence-electron chi connectivity index (χ0n) is 62.8. The van der Waals surface area contributed by atoms with E-state index >= 15 is 0 Å². The molecular formula is C77H150O17P2. The number of phosphoric acid groups is 2. The van der Waals surface area contributed by atoms with Crippen LogP contribution in [0.5, 0.6) is 0 Å². The van der Waals surface area contributed by atoms with Gasteiger partial charge in [0.2, 0.25) is 0 Å². The first-order chi connectivity index (χ1) is 46.3. The Labute approximate surface area is 588 Å². The number of hydrogen-bond acceptors (Lipinski definition) is 15. The van der Waals surface area contributed by atoms with Crippen LogP contribution in [0.4, 0.5) is 0 Å². The van der Waals surface area contributed by atoms with Gasteiger partial charge in [0.1, 0.15) is 19.3 Å². The summed E-state index contributed by atoms with van der Waals surface area (Å²) in [6.45, 7) is 11.9. The van der Waals surface area contributed by atoms with E-state index in [4.69, 9.17) is 37.0 Å². The summed E-state index contributed by atoms with van der Waals surface area (Å²) in [5.74, 6) is 0.260. The Hall–Kier alpha value is -1.94. The summed E-state index contributed by atoms with van der Waals surface area (Å²) < 4.78 is 68.5. The van der Waals surface area contributed by atoms with Crippen molar-refractivity contribution in [2.75, 3.05) is 39.6 Å². The van der Waals surface area contributed by atoms with E-state index in [9.17, 15) is 43.2 Å². The lowest BCUT2D eigenvalue weighted by Gasteiger charge is -2.21. The van der Waals surface area contributed by atoms with Crippen LogP contribution in [0.25, 0.3) is 0 Å². The zero-order valence-corrected chi connectivity index (χ0v) is 64.6. The molecular weight excluding hydrogens is 1260 g/mol. The van der Waals surface area contributed by atoms with E-state index in [1.165, 1.54) is 199 Å². The molecule has 0 aromatic rings. The first kappa shape index (κ1) is 94.1. The molecule has 19 heteroatoms. The molecule has 0 radical (unpaired) electrons. The fourth-order valence-electron chi connectivity index (χ4n) is 11.7. The fraction of sp³-hybridized carbons (Fsp3) is 0.948. The molecule has 0 rings (SSSR count). The van der Waals surface area contributed by atoms with Gasteiger partial charge in [-0.1, -0.05) is 344 Å². The summed E-state index contributed by atoms with van der Waals surface area (Å²) in [6.07, 6.45) is 54.0. The monoisotopic (exact) mass is 1410 g/mol. The van der Waals surface area contributed by atoms with E-state index in [1.807, 2.05) is 0 Å². The SMILES string of the molecule is CCCCCCCCCCCCCC(=O)O[C@H](COC(=O)CCCCCCCCC(C)CC)COP(=O)(O)OC[C@H](O)COP(=O)(O)OC[C@@H](COC(=O)CCCCCCCCCCCCCCCCC(C)C)OC(=O)CCCCCCCCCCCCCCCCC(C)CC. The van der Waals surface area contributed by atoms with Gasteiger partial charge in [-0.15, -0.1) is 0 Å². The van der Waals surface area contributed by atoms with E-state index in [0.29, 0.717) is 25.7 Å². The van der Waals surface area contributed by atoms with Crippen molar-refractivity contribution in [2.45, 2.75) is 414 Å². The van der Waals surface area contributed by atoms with E-state index in [0.717, 1.165) is 114 Å². The quantitative estimate of drug-likeness (QED) is 0.0222. The number of carbonyl (C=O) groups excluding carboxylic acids is 4. The largest absolute Gasteiger partial charge is 0.472 e. The molecule has 0 spiro atoms. The predicted octanol–water partition coefficient (Wildman–Crippen LogP) is 22.6. The third kappa shape index (κ3) is 67.9. The molecule has 0 aliphatic heterocycles. The summed E-state index contributed by atoms with van der Waals surface area (Å²) in [7, 11) is -9.91. The standard InChI is InChI=1S/C77H150O17P2/c1-8-11-12-13-14-15-24-32-37-46-53-60-76(81)94-73(65-88-75(80)59-52-45-40-39-43-50-57-70(7)10-3)67-92-96(85,86)90-63-71(78)62-89-95(83,84)91-66-72(64-87-74(79)58-51-44-36-31-27-22-18-16-20-25-29-34-41-48-55-68(4)5)93-77(82)61-54-47-38-33-28-23-19-17-21-26-30-35-42-49-56-69(6)9-2/h68-73,78H,8-67H2,1-7H3,(H,83,84)(H,85,86)/t69?,70?,71-,72-,73-/m1/s1. The van der Waals surface area contributed by atoms with Crippen molar-refractivity contribution >= 4 is 39.5 Å². The van der Waals surface area contributed by atoms with Gasteiger partial charge >= 0.3 is 39.5 Å². The Morgan fingerprint density at radius 2 is 0.531 bits per heavy atom. The lowest BCUT2D eigenvalue weighted by atomic mass is 9.99. The Morgan fingerprint density at radius 3 is 0.792 bits per heavy atom. The smallest absolute Gasteiger partial charge is 0.462 e. The average Bonchev–Trinajstić information content (AvgIpc) is 1.21. The van der Waals surface area contributed by atoms with Crippen LogP contribution in [0, 0.1) is 17.8 Å². The molecule has 570 valence electrons. The van der Waals surface area contributed by atoms with Gasteiger partial charge in [-0.25, -0.2) is 9.13 Å². The van der Waals surface area contributed by atoms with Crippen molar-refractivity contribution in [1.29, 1.82) is 0 Å². The number of carbonyl (C=O) groups is 4. The molecule has 7 atom stereocenters. The Balaban J connectivity index is 5.24. The highest BCUT2D eigenvalue weighted by atomic mass is 31.2. The maximum atomic E-state index is 13.1. The van der Waals surface area contributed by atoms with Gasteiger partial charge in [-0.2, -0.15) is 0 Å². The minimum absolute atomic E-state index is 0.106. The highest BCUT2D eigenvalue weighted by molar-refractivity contribution is 7.47.